The van der Waals surface area contributed by atoms with Crippen LogP contribution in [0.5, 0.6) is 0 Å². The van der Waals surface area contributed by atoms with Gasteiger partial charge in [-0.3, -0.25) is 0 Å². The third kappa shape index (κ3) is 5.94. The lowest BCUT2D eigenvalue weighted by Crippen LogP contribution is -2.42. The zero-order valence-electron chi connectivity index (χ0n) is 11.2. The van der Waals surface area contributed by atoms with E-state index in [-0.39, 0.29) is 12.6 Å². The number of aliphatic hydroxyl groups is 1. The summed E-state index contributed by atoms with van der Waals surface area (Å²) in [6.45, 7) is 3.58. The number of rotatable bonds is 7. The molecule has 0 saturated heterocycles. The molecular weight excluding hydrogens is 264 g/mol. The largest absolute Gasteiger partial charge is 0.395 e. The van der Waals surface area contributed by atoms with Gasteiger partial charge >= 0.3 is 6.03 Å². The quantitative estimate of drug-likeness (QED) is 0.807. The Kier molecular flexibility index (Phi) is 7.30. The molecular formula is C14H21ClN2O2. The Bertz CT molecular complexity index is 393. The molecule has 0 aliphatic heterocycles. The van der Waals surface area contributed by atoms with Gasteiger partial charge < -0.3 is 15.3 Å². The summed E-state index contributed by atoms with van der Waals surface area (Å²) in [5.74, 6) is 0. The van der Waals surface area contributed by atoms with Crippen LogP contribution in [0.25, 0.3) is 0 Å². The molecule has 0 unspecified atom stereocenters. The molecule has 0 bridgehead atoms. The number of urea groups is 1. The van der Waals surface area contributed by atoms with Gasteiger partial charge in [-0.25, -0.2) is 4.79 Å². The molecule has 0 atom stereocenters. The Morgan fingerprint density at radius 3 is 2.84 bits per heavy atom. The fourth-order valence-electron chi connectivity index (χ4n) is 1.82. The maximum absolute atomic E-state index is 11.9. The van der Waals surface area contributed by atoms with Crippen LogP contribution in [-0.4, -0.2) is 42.3 Å². The van der Waals surface area contributed by atoms with E-state index in [1.54, 1.807) is 4.90 Å². The first kappa shape index (κ1) is 15.8. The number of amides is 2. The minimum atomic E-state index is -0.127. The van der Waals surface area contributed by atoms with E-state index in [2.05, 4.69) is 5.32 Å². The van der Waals surface area contributed by atoms with Gasteiger partial charge in [0, 0.05) is 24.7 Å². The van der Waals surface area contributed by atoms with Gasteiger partial charge in [-0.05, 0) is 30.5 Å². The van der Waals surface area contributed by atoms with E-state index < -0.39 is 0 Å². The van der Waals surface area contributed by atoms with E-state index in [9.17, 15) is 4.79 Å². The monoisotopic (exact) mass is 284 g/mol. The predicted octanol–water partition coefficient (Wildman–Crippen LogP) is 2.30. The van der Waals surface area contributed by atoms with Gasteiger partial charge in [0.15, 0.2) is 0 Å². The highest BCUT2D eigenvalue weighted by molar-refractivity contribution is 6.30. The van der Waals surface area contributed by atoms with Crippen LogP contribution in [0.15, 0.2) is 24.3 Å². The SMILES string of the molecule is CCCN(CCO)C(=O)NCCc1cccc(Cl)c1. The molecule has 19 heavy (non-hydrogen) atoms. The second-order valence-electron chi connectivity index (χ2n) is 4.32. The van der Waals surface area contributed by atoms with Crippen molar-refractivity contribution in [3.63, 3.8) is 0 Å². The second kappa shape index (κ2) is 8.77. The van der Waals surface area contributed by atoms with Crippen LogP contribution in [-0.2, 0) is 6.42 Å². The van der Waals surface area contributed by atoms with Crippen molar-refractivity contribution in [1.29, 1.82) is 0 Å². The van der Waals surface area contributed by atoms with Crippen molar-refractivity contribution in [2.24, 2.45) is 0 Å². The van der Waals surface area contributed by atoms with E-state index in [0.717, 1.165) is 18.4 Å². The molecule has 106 valence electrons. The lowest BCUT2D eigenvalue weighted by atomic mass is 10.1. The molecule has 2 N–H and O–H groups in total. The number of nitrogens with zero attached hydrogens (tertiary/aromatic N) is 1. The maximum atomic E-state index is 11.9. The third-order valence-electron chi connectivity index (χ3n) is 2.73. The van der Waals surface area contributed by atoms with Gasteiger partial charge in [-0.15, -0.1) is 0 Å². The van der Waals surface area contributed by atoms with Crippen molar-refractivity contribution in [1.82, 2.24) is 10.2 Å². The summed E-state index contributed by atoms with van der Waals surface area (Å²) in [6, 6.07) is 7.47. The van der Waals surface area contributed by atoms with Crippen LogP contribution < -0.4 is 5.32 Å². The molecule has 0 aromatic heterocycles. The summed E-state index contributed by atoms with van der Waals surface area (Å²) in [5, 5.41) is 12.5. The van der Waals surface area contributed by atoms with Crippen LogP contribution in [0.2, 0.25) is 5.02 Å². The Labute approximate surface area is 119 Å². The highest BCUT2D eigenvalue weighted by atomic mass is 35.5. The smallest absolute Gasteiger partial charge is 0.317 e. The molecule has 5 heteroatoms. The Morgan fingerprint density at radius 2 is 2.21 bits per heavy atom. The zero-order valence-corrected chi connectivity index (χ0v) is 12.0. The third-order valence-corrected chi connectivity index (χ3v) is 2.96. The van der Waals surface area contributed by atoms with Gasteiger partial charge in [-0.1, -0.05) is 30.7 Å². The maximum Gasteiger partial charge on any atom is 0.317 e. The number of hydrogen-bond donors (Lipinski definition) is 2. The lowest BCUT2D eigenvalue weighted by Gasteiger charge is -2.21. The second-order valence-corrected chi connectivity index (χ2v) is 4.76. The summed E-state index contributed by atoms with van der Waals surface area (Å²) in [4.78, 5) is 13.5. The number of carbonyl (C=O) groups is 1. The van der Waals surface area contributed by atoms with E-state index in [0.29, 0.717) is 24.7 Å². The van der Waals surface area contributed by atoms with Crippen molar-refractivity contribution < 1.29 is 9.90 Å². The molecule has 0 saturated carbocycles. The molecule has 0 heterocycles. The number of aliphatic hydroxyl groups excluding tert-OH is 1. The molecule has 1 rings (SSSR count). The molecule has 0 aliphatic carbocycles. The fraction of sp³-hybridized carbons (Fsp3) is 0.500. The first-order valence-electron chi connectivity index (χ1n) is 6.55. The van der Waals surface area contributed by atoms with Crippen LogP contribution >= 0.6 is 11.6 Å². The summed E-state index contributed by atoms with van der Waals surface area (Å²) in [7, 11) is 0. The van der Waals surface area contributed by atoms with Crippen molar-refractivity contribution in [2.75, 3.05) is 26.2 Å². The topological polar surface area (TPSA) is 52.6 Å². The molecule has 0 radical (unpaired) electrons. The molecule has 2 amide bonds. The average Bonchev–Trinajstić information content (AvgIpc) is 2.38. The van der Waals surface area contributed by atoms with Crippen LogP contribution in [0.4, 0.5) is 4.79 Å². The Balaban J connectivity index is 2.36. The van der Waals surface area contributed by atoms with Gasteiger partial charge in [0.1, 0.15) is 0 Å². The normalized spacial score (nSPS) is 10.3. The fourth-order valence-corrected chi connectivity index (χ4v) is 2.04. The standard InChI is InChI=1S/C14H21ClN2O2/c1-2-8-17(9-10-18)14(19)16-7-6-12-4-3-5-13(15)11-12/h3-5,11,18H,2,6-10H2,1H3,(H,16,19). The molecule has 0 spiro atoms. The molecule has 4 nitrogen and oxygen atoms in total. The van der Waals surface area contributed by atoms with Gasteiger partial charge in [0.2, 0.25) is 0 Å². The number of benzene rings is 1. The average molecular weight is 285 g/mol. The minimum absolute atomic E-state index is 0.0122. The zero-order chi connectivity index (χ0) is 14.1. The lowest BCUT2D eigenvalue weighted by molar-refractivity contribution is 0.177. The van der Waals surface area contributed by atoms with E-state index in [1.807, 2.05) is 31.2 Å². The Hall–Kier alpha value is -1.26. The van der Waals surface area contributed by atoms with Gasteiger partial charge in [0.05, 0.1) is 6.61 Å². The van der Waals surface area contributed by atoms with E-state index in [4.69, 9.17) is 16.7 Å². The van der Waals surface area contributed by atoms with Crippen LogP contribution in [0.1, 0.15) is 18.9 Å². The van der Waals surface area contributed by atoms with Crippen LogP contribution in [0.3, 0.4) is 0 Å². The number of halogens is 1. The van der Waals surface area contributed by atoms with E-state index >= 15 is 0 Å². The van der Waals surface area contributed by atoms with Crippen LogP contribution in [0, 0.1) is 0 Å². The van der Waals surface area contributed by atoms with Crippen molar-refractivity contribution in [3.05, 3.63) is 34.9 Å². The van der Waals surface area contributed by atoms with E-state index in [1.165, 1.54) is 0 Å². The Morgan fingerprint density at radius 1 is 1.42 bits per heavy atom. The van der Waals surface area contributed by atoms with Gasteiger partial charge in [0.25, 0.3) is 0 Å². The molecule has 0 fully saturated rings. The summed E-state index contributed by atoms with van der Waals surface area (Å²) >= 11 is 5.90. The highest BCUT2D eigenvalue weighted by Crippen LogP contribution is 2.10. The molecule has 0 aliphatic rings. The molecule has 1 aromatic rings. The molecule has 1 aromatic carbocycles. The predicted molar refractivity (Wildman–Crippen MR) is 77.5 cm³/mol. The first-order valence-corrected chi connectivity index (χ1v) is 6.93. The summed E-state index contributed by atoms with van der Waals surface area (Å²) in [6.07, 6.45) is 1.62. The van der Waals surface area contributed by atoms with Crippen molar-refractivity contribution >= 4 is 17.6 Å². The number of nitrogens with one attached hydrogen (secondary N) is 1. The highest BCUT2D eigenvalue weighted by Gasteiger charge is 2.10. The summed E-state index contributed by atoms with van der Waals surface area (Å²) < 4.78 is 0. The summed E-state index contributed by atoms with van der Waals surface area (Å²) in [5.41, 5.74) is 1.09. The number of hydrogen-bond acceptors (Lipinski definition) is 2. The minimum Gasteiger partial charge on any atom is -0.395 e. The number of carbonyl (C=O) groups excluding carboxylic acids is 1. The first-order chi connectivity index (χ1) is 9.17. The van der Waals surface area contributed by atoms with Crippen molar-refractivity contribution in [3.8, 4) is 0 Å². The van der Waals surface area contributed by atoms with Gasteiger partial charge in [-0.2, -0.15) is 0 Å². The van der Waals surface area contributed by atoms with Crippen molar-refractivity contribution in [2.45, 2.75) is 19.8 Å².